The smallest absolute Gasteiger partial charge is 0.266 e. The molecule has 1 unspecified atom stereocenters. The summed E-state index contributed by atoms with van der Waals surface area (Å²) < 4.78 is 40.1. The summed E-state index contributed by atoms with van der Waals surface area (Å²) in [6.07, 6.45) is -1.94. The Morgan fingerprint density at radius 2 is 2.03 bits per heavy atom. The third kappa shape index (κ3) is 3.22. The number of hydrogen-bond acceptors (Lipinski definition) is 7. The standard InChI is InChI=1S/C19H15F3N8/c1-29-15(8-16(27-29)19(20,21)22)14-9-24-17-18(25-14)30(28-26-17)10-11-4-5-13-12(7-11)3-2-6-23-13/h2-9,18,28H,10H2,1H3. The van der Waals surface area contributed by atoms with E-state index in [2.05, 4.69) is 30.7 Å². The minimum atomic E-state index is -4.53. The summed E-state index contributed by atoms with van der Waals surface area (Å²) in [7, 11) is 1.44. The van der Waals surface area contributed by atoms with Gasteiger partial charge in [0.05, 0.1) is 17.4 Å². The molecule has 5 rings (SSSR count). The van der Waals surface area contributed by atoms with E-state index in [4.69, 9.17) is 0 Å². The Balaban J connectivity index is 1.42. The van der Waals surface area contributed by atoms with E-state index < -0.39 is 18.0 Å². The number of aryl methyl sites for hydroxylation is 1. The van der Waals surface area contributed by atoms with E-state index in [1.165, 1.54) is 13.3 Å². The topological polar surface area (TPSA) is 83.1 Å². The molecule has 2 aromatic heterocycles. The van der Waals surface area contributed by atoms with Gasteiger partial charge < -0.3 is 0 Å². The van der Waals surface area contributed by atoms with Crippen LogP contribution in [0.3, 0.4) is 0 Å². The second kappa shape index (κ2) is 6.73. The van der Waals surface area contributed by atoms with E-state index in [1.54, 1.807) is 11.2 Å². The summed E-state index contributed by atoms with van der Waals surface area (Å²) in [4.78, 5) is 13.1. The predicted octanol–water partition coefficient (Wildman–Crippen LogP) is 2.52. The van der Waals surface area contributed by atoms with Gasteiger partial charge in [-0.2, -0.15) is 23.3 Å². The van der Waals surface area contributed by atoms with Crippen LogP contribution in [0.25, 0.3) is 10.9 Å². The number of hydrazone groups is 1. The molecule has 0 amide bonds. The lowest BCUT2D eigenvalue weighted by atomic mass is 10.1. The number of halogens is 3. The Kier molecular flexibility index (Phi) is 4.13. The number of nitrogens with zero attached hydrogens (tertiary/aromatic N) is 7. The normalized spacial score (nSPS) is 18.9. The van der Waals surface area contributed by atoms with Crippen molar-refractivity contribution in [1.29, 1.82) is 0 Å². The van der Waals surface area contributed by atoms with Gasteiger partial charge in [0.15, 0.2) is 17.7 Å². The van der Waals surface area contributed by atoms with Gasteiger partial charge in [-0.1, -0.05) is 12.1 Å². The van der Waals surface area contributed by atoms with E-state index in [0.29, 0.717) is 18.1 Å². The van der Waals surface area contributed by atoms with Crippen LogP contribution in [0.15, 0.2) is 57.7 Å². The fourth-order valence-electron chi connectivity index (χ4n) is 3.40. The number of fused-ring (bicyclic) bond motifs is 2. The molecular weight excluding hydrogens is 397 g/mol. The maximum absolute atomic E-state index is 13.0. The maximum Gasteiger partial charge on any atom is 0.435 e. The van der Waals surface area contributed by atoms with Crippen molar-refractivity contribution in [2.45, 2.75) is 18.9 Å². The second-order valence-electron chi connectivity index (χ2n) is 6.91. The zero-order valence-electron chi connectivity index (χ0n) is 15.7. The van der Waals surface area contributed by atoms with Crippen molar-refractivity contribution < 1.29 is 13.2 Å². The average Bonchev–Trinajstić information content (AvgIpc) is 3.31. The zero-order chi connectivity index (χ0) is 20.9. The van der Waals surface area contributed by atoms with E-state index in [1.807, 2.05) is 30.3 Å². The van der Waals surface area contributed by atoms with Gasteiger partial charge in [-0.25, -0.2) is 10.5 Å². The fourth-order valence-corrected chi connectivity index (χ4v) is 3.40. The van der Waals surface area contributed by atoms with E-state index in [9.17, 15) is 13.2 Å². The Hall–Kier alpha value is -3.60. The van der Waals surface area contributed by atoms with Gasteiger partial charge in [0, 0.05) is 25.2 Å². The van der Waals surface area contributed by atoms with Gasteiger partial charge in [-0.3, -0.25) is 14.7 Å². The number of benzene rings is 1. The first kappa shape index (κ1) is 18.4. The van der Waals surface area contributed by atoms with Crippen LogP contribution in [0.2, 0.25) is 0 Å². The quantitative estimate of drug-likeness (QED) is 0.717. The van der Waals surface area contributed by atoms with Crippen molar-refractivity contribution in [3.8, 4) is 0 Å². The van der Waals surface area contributed by atoms with Gasteiger partial charge >= 0.3 is 6.18 Å². The average molecular weight is 412 g/mol. The van der Waals surface area contributed by atoms with Crippen LogP contribution < -0.4 is 5.53 Å². The highest BCUT2D eigenvalue weighted by molar-refractivity contribution is 6.40. The SMILES string of the molecule is Cn1nc(C(F)(F)F)cc1C1=NC2C(=NNN2Cc2ccc3ncccc3c2)N=C1. The van der Waals surface area contributed by atoms with Gasteiger partial charge in [-0.15, -0.1) is 5.10 Å². The lowest BCUT2D eigenvalue weighted by Crippen LogP contribution is -2.40. The van der Waals surface area contributed by atoms with E-state index in [0.717, 1.165) is 27.2 Å². The summed E-state index contributed by atoms with van der Waals surface area (Å²) in [5, 5.41) is 10.5. The molecule has 1 aromatic carbocycles. The summed E-state index contributed by atoms with van der Waals surface area (Å²) in [6, 6.07) is 10.7. The number of aromatic nitrogens is 3. The van der Waals surface area contributed by atoms with Crippen molar-refractivity contribution in [3.63, 3.8) is 0 Å². The number of pyridine rings is 1. The summed E-state index contributed by atoms with van der Waals surface area (Å²) in [6.45, 7) is 0.466. The molecule has 0 saturated heterocycles. The molecule has 3 aromatic rings. The van der Waals surface area contributed by atoms with Crippen LogP contribution in [0.5, 0.6) is 0 Å². The van der Waals surface area contributed by atoms with Crippen LogP contribution in [0, 0.1) is 0 Å². The number of amidine groups is 1. The van der Waals surface area contributed by atoms with Crippen LogP contribution in [-0.4, -0.2) is 43.7 Å². The van der Waals surface area contributed by atoms with Crippen LogP contribution in [0.1, 0.15) is 17.0 Å². The first-order valence-electron chi connectivity index (χ1n) is 9.05. The fraction of sp³-hybridized carbons (Fsp3) is 0.211. The number of hydrazine groups is 1. The van der Waals surface area contributed by atoms with Gasteiger partial charge in [-0.05, 0) is 29.8 Å². The van der Waals surface area contributed by atoms with Crippen LogP contribution in [-0.2, 0) is 19.8 Å². The molecule has 30 heavy (non-hydrogen) atoms. The highest BCUT2D eigenvalue weighted by Crippen LogP contribution is 2.29. The van der Waals surface area contributed by atoms with E-state index in [-0.39, 0.29) is 5.69 Å². The maximum atomic E-state index is 13.0. The van der Waals surface area contributed by atoms with Crippen molar-refractivity contribution in [1.82, 2.24) is 25.3 Å². The first-order valence-corrected chi connectivity index (χ1v) is 9.05. The molecule has 152 valence electrons. The Bertz CT molecular complexity index is 1220. The minimum absolute atomic E-state index is 0.230. The molecule has 0 aliphatic carbocycles. The minimum Gasteiger partial charge on any atom is -0.266 e. The summed E-state index contributed by atoms with van der Waals surface area (Å²) in [5.74, 6) is 0.444. The van der Waals surface area contributed by atoms with Gasteiger partial charge in [0.2, 0.25) is 0 Å². The molecule has 0 bridgehead atoms. The highest BCUT2D eigenvalue weighted by Gasteiger charge is 2.36. The summed E-state index contributed by atoms with van der Waals surface area (Å²) >= 11 is 0. The number of nitrogens with one attached hydrogen (secondary N) is 1. The number of aliphatic imine (C=N–C) groups is 2. The molecule has 1 atom stereocenters. The number of alkyl halides is 3. The molecule has 0 saturated carbocycles. The Labute approximate surface area is 168 Å². The van der Waals surface area contributed by atoms with E-state index >= 15 is 0 Å². The largest absolute Gasteiger partial charge is 0.435 e. The van der Waals surface area contributed by atoms with Crippen molar-refractivity contribution in [2.75, 3.05) is 0 Å². The molecule has 4 heterocycles. The molecule has 2 aliphatic rings. The van der Waals surface area contributed by atoms with Gasteiger partial charge in [0.25, 0.3) is 0 Å². The first-order chi connectivity index (χ1) is 14.4. The lowest BCUT2D eigenvalue weighted by molar-refractivity contribution is -0.141. The zero-order valence-corrected chi connectivity index (χ0v) is 15.7. The molecule has 8 nitrogen and oxygen atoms in total. The van der Waals surface area contributed by atoms with Crippen molar-refractivity contribution in [2.24, 2.45) is 22.1 Å². The lowest BCUT2D eigenvalue weighted by Gasteiger charge is -2.22. The summed E-state index contributed by atoms with van der Waals surface area (Å²) in [5.41, 5.74) is 4.36. The monoisotopic (exact) mass is 412 g/mol. The van der Waals surface area contributed by atoms with Crippen LogP contribution in [0.4, 0.5) is 13.2 Å². The third-order valence-corrected chi connectivity index (χ3v) is 4.85. The molecule has 11 heteroatoms. The predicted molar refractivity (Wildman–Crippen MR) is 105 cm³/mol. The Morgan fingerprint density at radius 1 is 1.17 bits per heavy atom. The molecular formula is C19H15F3N8. The molecule has 0 fully saturated rings. The molecule has 0 spiro atoms. The third-order valence-electron chi connectivity index (χ3n) is 4.85. The van der Waals surface area contributed by atoms with Crippen LogP contribution >= 0.6 is 0 Å². The van der Waals surface area contributed by atoms with Crippen molar-refractivity contribution in [3.05, 3.63) is 59.5 Å². The Morgan fingerprint density at radius 3 is 2.83 bits per heavy atom. The molecule has 0 radical (unpaired) electrons. The number of rotatable bonds is 3. The molecule has 2 aliphatic heterocycles. The highest BCUT2D eigenvalue weighted by atomic mass is 19.4. The number of hydrogen-bond donors (Lipinski definition) is 1. The van der Waals surface area contributed by atoms with Gasteiger partial charge in [0.1, 0.15) is 5.71 Å². The second-order valence-corrected chi connectivity index (χ2v) is 6.91. The van der Waals surface area contributed by atoms with Crippen molar-refractivity contribution >= 4 is 28.7 Å². The molecule has 1 N–H and O–H groups in total.